The molecule has 0 aliphatic carbocycles. The van der Waals surface area contributed by atoms with Gasteiger partial charge in [-0.1, -0.05) is 29.8 Å². The highest BCUT2D eigenvalue weighted by atomic mass is 16.5. The van der Waals surface area contributed by atoms with Gasteiger partial charge in [-0.2, -0.15) is 0 Å². The summed E-state index contributed by atoms with van der Waals surface area (Å²) in [6, 6.07) is 20.6. The molecule has 3 heterocycles. The molecule has 6 nitrogen and oxygen atoms in total. The fraction of sp³-hybridized carbons (Fsp3) is 0.333. The quantitative estimate of drug-likeness (QED) is 0.302. The van der Waals surface area contributed by atoms with E-state index < -0.39 is 0 Å². The Hall–Kier alpha value is -3.80. The number of hydrogen-bond donors (Lipinski definition) is 1. The molecule has 186 valence electrons. The van der Waals surface area contributed by atoms with Crippen LogP contribution in [0.3, 0.4) is 0 Å². The molecule has 0 bridgehead atoms. The van der Waals surface area contributed by atoms with E-state index in [-0.39, 0.29) is 18.4 Å². The zero-order valence-electron chi connectivity index (χ0n) is 21.0. The van der Waals surface area contributed by atoms with Gasteiger partial charge in [-0.05, 0) is 68.7 Å². The lowest BCUT2D eigenvalue weighted by atomic mass is 10.0. The van der Waals surface area contributed by atoms with Crippen LogP contribution in [0.25, 0.3) is 10.9 Å². The van der Waals surface area contributed by atoms with Crippen molar-refractivity contribution in [2.45, 2.75) is 45.6 Å². The third kappa shape index (κ3) is 5.38. The number of ether oxygens (including phenoxy) is 2. The molecular formula is C30H33N3O3. The van der Waals surface area contributed by atoms with Crippen LogP contribution in [0.15, 0.2) is 66.9 Å². The van der Waals surface area contributed by atoms with Crippen molar-refractivity contribution in [2.24, 2.45) is 0 Å². The van der Waals surface area contributed by atoms with Crippen molar-refractivity contribution in [3.8, 4) is 5.75 Å². The number of benzene rings is 2. The standard InChI is InChI=1S/C30H33N3O3/c1-3-35-30(34)20-29(22-7-4-6-21(2)18-22)33-16-13-23-19-25(10-12-28(23)33)36-17-14-24-9-11-26-27(32-24)8-5-15-31-26/h4,6-7,9-13,16,18-19,29,31H,3,5,8,14-15,17,20H2,1-2H3. The van der Waals surface area contributed by atoms with Crippen LogP contribution in [0.2, 0.25) is 0 Å². The molecule has 1 atom stereocenters. The average molecular weight is 484 g/mol. The van der Waals surface area contributed by atoms with E-state index in [0.29, 0.717) is 13.2 Å². The van der Waals surface area contributed by atoms with Gasteiger partial charge in [0.15, 0.2) is 0 Å². The van der Waals surface area contributed by atoms with E-state index >= 15 is 0 Å². The molecule has 0 spiro atoms. The third-order valence-corrected chi connectivity index (χ3v) is 6.68. The summed E-state index contributed by atoms with van der Waals surface area (Å²) in [4.78, 5) is 17.3. The largest absolute Gasteiger partial charge is 0.493 e. The Morgan fingerprint density at radius 1 is 1.14 bits per heavy atom. The summed E-state index contributed by atoms with van der Waals surface area (Å²) in [5.41, 5.74) is 6.69. The molecule has 1 aliphatic rings. The van der Waals surface area contributed by atoms with Crippen molar-refractivity contribution in [2.75, 3.05) is 25.1 Å². The molecule has 0 amide bonds. The van der Waals surface area contributed by atoms with Gasteiger partial charge < -0.3 is 19.4 Å². The molecule has 2 aromatic heterocycles. The number of hydrogen-bond acceptors (Lipinski definition) is 5. The number of nitrogens with one attached hydrogen (secondary N) is 1. The number of anilines is 1. The van der Waals surface area contributed by atoms with Gasteiger partial charge >= 0.3 is 5.97 Å². The smallest absolute Gasteiger partial charge is 0.308 e. The second-order valence-corrected chi connectivity index (χ2v) is 9.31. The number of aromatic nitrogens is 2. The van der Waals surface area contributed by atoms with Crippen LogP contribution in [0.4, 0.5) is 5.69 Å². The third-order valence-electron chi connectivity index (χ3n) is 6.68. The Morgan fingerprint density at radius 2 is 2.06 bits per heavy atom. The predicted octanol–water partition coefficient (Wildman–Crippen LogP) is 5.87. The highest BCUT2D eigenvalue weighted by Crippen LogP contribution is 2.31. The molecule has 4 aromatic rings. The van der Waals surface area contributed by atoms with Gasteiger partial charge in [0.2, 0.25) is 0 Å². The SMILES string of the molecule is CCOC(=O)CC(c1cccc(C)c1)n1ccc2cc(OCCc3ccc4c(n3)CCCN4)ccc21. The molecule has 0 fully saturated rings. The second kappa shape index (κ2) is 10.9. The van der Waals surface area contributed by atoms with Crippen molar-refractivity contribution >= 4 is 22.6 Å². The lowest BCUT2D eigenvalue weighted by molar-refractivity contribution is -0.143. The van der Waals surface area contributed by atoms with Crippen LogP contribution in [-0.2, 0) is 22.4 Å². The summed E-state index contributed by atoms with van der Waals surface area (Å²) >= 11 is 0. The van der Waals surface area contributed by atoms with E-state index in [1.54, 1.807) is 0 Å². The van der Waals surface area contributed by atoms with Crippen LogP contribution >= 0.6 is 0 Å². The van der Waals surface area contributed by atoms with Gasteiger partial charge in [-0.3, -0.25) is 9.78 Å². The first-order valence-electron chi connectivity index (χ1n) is 12.8. The number of nitrogens with zero attached hydrogens (tertiary/aromatic N) is 2. The maximum Gasteiger partial charge on any atom is 0.308 e. The number of carbonyl (C=O) groups excluding carboxylic acids is 1. The van der Waals surface area contributed by atoms with Gasteiger partial charge in [0.05, 0.1) is 37.1 Å². The monoisotopic (exact) mass is 483 g/mol. The van der Waals surface area contributed by atoms with Crippen LogP contribution in [-0.4, -0.2) is 35.3 Å². The molecule has 0 radical (unpaired) electrons. The molecule has 1 unspecified atom stereocenters. The number of fused-ring (bicyclic) bond motifs is 2. The van der Waals surface area contributed by atoms with E-state index in [4.69, 9.17) is 14.5 Å². The normalized spacial score (nSPS) is 13.6. The van der Waals surface area contributed by atoms with Gasteiger partial charge in [0.1, 0.15) is 5.75 Å². The molecule has 5 rings (SSSR count). The molecule has 2 aromatic carbocycles. The summed E-state index contributed by atoms with van der Waals surface area (Å²) < 4.78 is 13.5. The Balaban J connectivity index is 1.31. The predicted molar refractivity (Wildman–Crippen MR) is 143 cm³/mol. The molecule has 36 heavy (non-hydrogen) atoms. The number of esters is 1. The summed E-state index contributed by atoms with van der Waals surface area (Å²) in [7, 11) is 0. The van der Waals surface area contributed by atoms with E-state index in [1.165, 1.54) is 0 Å². The average Bonchev–Trinajstić information content (AvgIpc) is 3.30. The van der Waals surface area contributed by atoms with Crippen molar-refractivity contribution < 1.29 is 14.3 Å². The van der Waals surface area contributed by atoms with Gasteiger partial charge in [0.25, 0.3) is 0 Å². The molecule has 0 saturated carbocycles. The first-order valence-corrected chi connectivity index (χ1v) is 12.8. The second-order valence-electron chi connectivity index (χ2n) is 9.31. The van der Waals surface area contributed by atoms with Crippen LogP contribution < -0.4 is 10.1 Å². The highest BCUT2D eigenvalue weighted by Gasteiger charge is 2.21. The van der Waals surface area contributed by atoms with E-state index in [1.807, 2.05) is 25.3 Å². The lowest BCUT2D eigenvalue weighted by Crippen LogP contribution is -2.16. The first kappa shape index (κ1) is 23.9. The van der Waals surface area contributed by atoms with E-state index in [2.05, 4.69) is 65.3 Å². The minimum atomic E-state index is -0.197. The zero-order chi connectivity index (χ0) is 24.9. The maximum absolute atomic E-state index is 12.4. The topological polar surface area (TPSA) is 65.4 Å². The maximum atomic E-state index is 12.4. The van der Waals surface area contributed by atoms with Crippen LogP contribution in [0.5, 0.6) is 5.75 Å². The van der Waals surface area contributed by atoms with Crippen molar-refractivity contribution in [3.63, 3.8) is 0 Å². The summed E-state index contributed by atoms with van der Waals surface area (Å²) in [6.07, 6.45) is 5.25. The van der Waals surface area contributed by atoms with Crippen molar-refractivity contribution in [1.29, 1.82) is 0 Å². The Labute approximate surface area is 212 Å². The number of rotatable bonds is 9. The molecular weight excluding hydrogens is 450 g/mol. The fourth-order valence-electron chi connectivity index (χ4n) is 4.93. The first-order chi connectivity index (χ1) is 17.6. The Bertz CT molecular complexity index is 1360. The van der Waals surface area contributed by atoms with Crippen molar-refractivity contribution in [1.82, 2.24) is 9.55 Å². The minimum Gasteiger partial charge on any atom is -0.493 e. The van der Waals surface area contributed by atoms with E-state index in [9.17, 15) is 4.79 Å². The minimum absolute atomic E-state index is 0.141. The molecule has 1 aliphatic heterocycles. The van der Waals surface area contributed by atoms with Gasteiger partial charge in [-0.15, -0.1) is 0 Å². The van der Waals surface area contributed by atoms with Gasteiger partial charge in [0, 0.05) is 35.8 Å². The number of carbonyl (C=O) groups is 1. The number of pyridine rings is 1. The van der Waals surface area contributed by atoms with Gasteiger partial charge in [-0.25, -0.2) is 0 Å². The molecule has 1 N–H and O–H groups in total. The van der Waals surface area contributed by atoms with Crippen LogP contribution in [0.1, 0.15) is 48.3 Å². The summed E-state index contributed by atoms with van der Waals surface area (Å²) in [5, 5.41) is 4.48. The molecule has 6 heteroatoms. The Kier molecular flexibility index (Phi) is 7.21. The fourth-order valence-corrected chi connectivity index (χ4v) is 4.93. The Morgan fingerprint density at radius 3 is 2.92 bits per heavy atom. The van der Waals surface area contributed by atoms with Crippen molar-refractivity contribution in [3.05, 3.63) is 89.4 Å². The zero-order valence-corrected chi connectivity index (χ0v) is 21.0. The molecule has 0 saturated heterocycles. The highest BCUT2D eigenvalue weighted by molar-refractivity contribution is 5.82. The summed E-state index contributed by atoms with van der Waals surface area (Å²) in [5.74, 6) is 0.634. The lowest BCUT2D eigenvalue weighted by Gasteiger charge is -2.21. The number of aryl methyl sites for hydroxylation is 2. The van der Waals surface area contributed by atoms with E-state index in [0.717, 1.165) is 70.7 Å². The van der Waals surface area contributed by atoms with Crippen LogP contribution in [0, 0.1) is 6.92 Å². The summed E-state index contributed by atoms with van der Waals surface area (Å²) in [6.45, 7) is 5.88.